The number of phenolic OH excluding ortho intramolecular Hbond substituents is 1. The van der Waals surface area contributed by atoms with Gasteiger partial charge < -0.3 is 21.5 Å². The molecule has 0 aliphatic rings. The molecular formula is C27H32N6O3. The van der Waals surface area contributed by atoms with Crippen molar-refractivity contribution < 1.29 is 14.7 Å². The molecule has 1 atom stereocenters. The van der Waals surface area contributed by atoms with Gasteiger partial charge in [-0.15, -0.1) is 0 Å². The third-order valence-electron chi connectivity index (χ3n) is 5.54. The van der Waals surface area contributed by atoms with Gasteiger partial charge in [0, 0.05) is 18.7 Å². The highest BCUT2D eigenvalue weighted by atomic mass is 16.3. The van der Waals surface area contributed by atoms with E-state index in [9.17, 15) is 14.7 Å². The molecule has 0 saturated heterocycles. The van der Waals surface area contributed by atoms with Gasteiger partial charge in [0.15, 0.2) is 0 Å². The zero-order valence-electron chi connectivity index (χ0n) is 20.0. The Morgan fingerprint density at radius 2 is 1.58 bits per heavy atom. The number of carbonyl (C=O) groups is 2. The predicted molar refractivity (Wildman–Crippen MR) is 139 cm³/mol. The Labute approximate surface area is 210 Å². The maximum absolute atomic E-state index is 12.9. The van der Waals surface area contributed by atoms with E-state index in [0.29, 0.717) is 31.5 Å². The van der Waals surface area contributed by atoms with Crippen molar-refractivity contribution in [2.75, 3.05) is 6.54 Å². The quantitative estimate of drug-likeness (QED) is 0.110. The summed E-state index contributed by atoms with van der Waals surface area (Å²) >= 11 is 0. The second-order valence-corrected chi connectivity index (χ2v) is 8.35. The van der Waals surface area contributed by atoms with Crippen LogP contribution in [0.1, 0.15) is 28.7 Å². The molecule has 0 heterocycles. The number of nitrogens with one attached hydrogen (secondary N) is 5. The average Bonchev–Trinajstić information content (AvgIpc) is 2.89. The van der Waals surface area contributed by atoms with E-state index in [0.717, 1.165) is 16.7 Å². The highest BCUT2D eigenvalue weighted by molar-refractivity contribution is 5.94. The Morgan fingerprint density at radius 1 is 0.861 bits per heavy atom. The van der Waals surface area contributed by atoms with Gasteiger partial charge >= 0.3 is 0 Å². The summed E-state index contributed by atoms with van der Waals surface area (Å²) in [6.45, 7) is 0.556. The smallest absolute Gasteiger partial charge is 0.239 e. The van der Waals surface area contributed by atoms with Crippen LogP contribution in [0, 0.1) is 5.41 Å². The third-order valence-corrected chi connectivity index (χ3v) is 5.54. The van der Waals surface area contributed by atoms with Crippen LogP contribution in [0.5, 0.6) is 5.75 Å². The van der Waals surface area contributed by atoms with E-state index in [1.165, 1.54) is 0 Å². The second-order valence-electron chi connectivity index (χ2n) is 8.35. The van der Waals surface area contributed by atoms with Crippen molar-refractivity contribution in [1.82, 2.24) is 21.5 Å². The van der Waals surface area contributed by atoms with Gasteiger partial charge in [-0.3, -0.25) is 20.4 Å². The number of phenols is 1. The molecule has 188 valence electrons. The van der Waals surface area contributed by atoms with Gasteiger partial charge in [-0.05, 0) is 41.7 Å². The predicted octanol–water partition coefficient (Wildman–Crippen LogP) is 1.70. The summed E-state index contributed by atoms with van der Waals surface area (Å²) in [7, 11) is 0. The van der Waals surface area contributed by atoms with Crippen LogP contribution in [-0.4, -0.2) is 35.3 Å². The van der Waals surface area contributed by atoms with Crippen LogP contribution in [0.15, 0.2) is 78.9 Å². The lowest BCUT2D eigenvalue weighted by molar-refractivity contribution is -0.127. The van der Waals surface area contributed by atoms with Crippen molar-refractivity contribution in [2.24, 2.45) is 5.73 Å². The molecule has 0 unspecified atom stereocenters. The summed E-state index contributed by atoms with van der Waals surface area (Å²) in [5, 5.41) is 22.5. The monoisotopic (exact) mass is 488 g/mol. The Morgan fingerprint density at radius 3 is 2.28 bits per heavy atom. The lowest BCUT2D eigenvalue weighted by atomic mass is 10.1. The SMILES string of the molecule is N=C(N)c1ccc(CNC(=O)CNC(=O)[C@@H](CCc2ccccc2)NNCc2cccc(O)c2)cc1. The van der Waals surface area contributed by atoms with Crippen molar-refractivity contribution in [3.63, 3.8) is 0 Å². The summed E-state index contributed by atoms with van der Waals surface area (Å²) in [6, 6.07) is 23.2. The molecule has 36 heavy (non-hydrogen) atoms. The molecule has 0 aliphatic heterocycles. The Hall–Kier alpha value is -4.21. The number of rotatable bonds is 13. The maximum Gasteiger partial charge on any atom is 0.239 e. The average molecular weight is 489 g/mol. The zero-order valence-corrected chi connectivity index (χ0v) is 20.0. The minimum atomic E-state index is -0.575. The van der Waals surface area contributed by atoms with Gasteiger partial charge in [-0.25, -0.2) is 5.43 Å². The number of aryl methyl sites for hydroxylation is 1. The normalized spacial score (nSPS) is 11.4. The van der Waals surface area contributed by atoms with Crippen molar-refractivity contribution in [3.05, 3.63) is 101 Å². The molecule has 9 nitrogen and oxygen atoms in total. The van der Waals surface area contributed by atoms with E-state index < -0.39 is 6.04 Å². The molecule has 8 N–H and O–H groups in total. The number of hydrogen-bond donors (Lipinski definition) is 7. The number of hydrazine groups is 1. The molecule has 0 bridgehead atoms. The molecule has 9 heteroatoms. The lowest BCUT2D eigenvalue weighted by Gasteiger charge is -2.19. The fourth-order valence-electron chi connectivity index (χ4n) is 3.52. The molecule has 0 spiro atoms. The number of carbonyl (C=O) groups excluding carboxylic acids is 2. The first kappa shape index (κ1) is 26.4. The van der Waals surface area contributed by atoms with Crippen molar-refractivity contribution in [1.29, 1.82) is 5.41 Å². The first-order chi connectivity index (χ1) is 17.4. The van der Waals surface area contributed by atoms with Crippen LogP contribution < -0.4 is 27.2 Å². The highest BCUT2D eigenvalue weighted by Crippen LogP contribution is 2.10. The van der Waals surface area contributed by atoms with Gasteiger partial charge in [-0.1, -0.05) is 66.7 Å². The van der Waals surface area contributed by atoms with Crippen LogP contribution in [0.2, 0.25) is 0 Å². The molecule has 0 aromatic heterocycles. The number of nitrogen functional groups attached to an aromatic ring is 1. The second kappa shape index (κ2) is 13.6. The van der Waals surface area contributed by atoms with E-state index in [-0.39, 0.29) is 29.9 Å². The number of hydrogen-bond acceptors (Lipinski definition) is 6. The van der Waals surface area contributed by atoms with Crippen LogP contribution in [0.25, 0.3) is 0 Å². The van der Waals surface area contributed by atoms with Gasteiger partial charge in [0.1, 0.15) is 17.6 Å². The number of benzene rings is 3. The first-order valence-corrected chi connectivity index (χ1v) is 11.7. The van der Waals surface area contributed by atoms with Crippen LogP contribution in [0.4, 0.5) is 0 Å². The van der Waals surface area contributed by atoms with E-state index >= 15 is 0 Å². The molecule has 2 amide bonds. The Bertz CT molecular complexity index is 1150. The summed E-state index contributed by atoms with van der Waals surface area (Å²) in [5.41, 5.74) is 15.0. The van der Waals surface area contributed by atoms with Gasteiger partial charge in [0.05, 0.1) is 6.54 Å². The molecule has 0 saturated carbocycles. The minimum Gasteiger partial charge on any atom is -0.508 e. The van der Waals surface area contributed by atoms with Gasteiger partial charge in [0.2, 0.25) is 11.8 Å². The van der Waals surface area contributed by atoms with Crippen LogP contribution in [-0.2, 0) is 29.1 Å². The van der Waals surface area contributed by atoms with Crippen molar-refractivity contribution in [2.45, 2.75) is 32.0 Å². The molecule has 0 aliphatic carbocycles. The fourth-order valence-corrected chi connectivity index (χ4v) is 3.52. The van der Waals surface area contributed by atoms with Gasteiger partial charge in [-0.2, -0.15) is 0 Å². The van der Waals surface area contributed by atoms with E-state index in [2.05, 4.69) is 21.5 Å². The first-order valence-electron chi connectivity index (χ1n) is 11.7. The molecular weight excluding hydrogens is 456 g/mol. The molecule has 0 fully saturated rings. The molecule has 3 aromatic rings. The van der Waals surface area contributed by atoms with Crippen LogP contribution in [0.3, 0.4) is 0 Å². The standard InChI is InChI=1S/C27H32N6O3/c28-26(29)22-12-9-20(10-13-22)16-30-25(35)18-31-27(36)24(14-11-19-5-2-1-3-6-19)33-32-17-21-7-4-8-23(34)15-21/h1-10,12-13,15,24,32-34H,11,14,16-18H2,(H3,28,29)(H,30,35)(H,31,36)/t24-/m1/s1. The largest absolute Gasteiger partial charge is 0.508 e. The Balaban J connectivity index is 1.49. The fraction of sp³-hybridized carbons (Fsp3) is 0.222. The highest BCUT2D eigenvalue weighted by Gasteiger charge is 2.18. The number of amidine groups is 1. The summed E-state index contributed by atoms with van der Waals surface area (Å²) < 4.78 is 0. The van der Waals surface area contributed by atoms with Crippen molar-refractivity contribution >= 4 is 17.6 Å². The molecule has 3 rings (SSSR count). The topological polar surface area (TPSA) is 152 Å². The van der Waals surface area contributed by atoms with E-state index in [1.54, 1.807) is 42.5 Å². The number of nitrogens with two attached hydrogens (primary N) is 1. The third kappa shape index (κ3) is 8.86. The minimum absolute atomic E-state index is 0.0138. The molecule has 0 radical (unpaired) electrons. The van der Waals surface area contributed by atoms with Crippen LogP contribution >= 0.6 is 0 Å². The van der Waals surface area contributed by atoms with E-state index in [1.807, 2.05) is 36.4 Å². The molecule has 3 aromatic carbocycles. The zero-order chi connectivity index (χ0) is 25.8. The summed E-state index contributed by atoms with van der Waals surface area (Å²) in [6.07, 6.45) is 1.20. The van der Waals surface area contributed by atoms with Crippen molar-refractivity contribution in [3.8, 4) is 5.75 Å². The Kier molecular flexibility index (Phi) is 9.99. The number of aromatic hydroxyl groups is 1. The van der Waals surface area contributed by atoms with Gasteiger partial charge in [0.25, 0.3) is 0 Å². The number of amides is 2. The lowest BCUT2D eigenvalue weighted by Crippen LogP contribution is -2.51. The summed E-state index contributed by atoms with van der Waals surface area (Å²) in [5.74, 6) is -0.447. The maximum atomic E-state index is 12.9. The van der Waals surface area contributed by atoms with E-state index in [4.69, 9.17) is 11.1 Å². The summed E-state index contributed by atoms with van der Waals surface area (Å²) in [4.78, 5) is 25.2.